The van der Waals surface area contributed by atoms with Crippen molar-refractivity contribution in [1.29, 1.82) is 0 Å². The van der Waals surface area contributed by atoms with Crippen LogP contribution in [0, 0.1) is 5.92 Å². The predicted molar refractivity (Wildman–Crippen MR) is 70.1 cm³/mol. The standard InChI is InChI=1S/C15H18O4/c1-15(2,3)19-14(18)12-8-11(12)9-4-6-10(7-5-9)13(16)17/h4-7,11-12H,8H2,1-3H3,(H,16,17). The Morgan fingerprint density at radius 2 is 1.79 bits per heavy atom. The van der Waals surface area contributed by atoms with Crippen molar-refractivity contribution in [2.24, 2.45) is 5.92 Å². The van der Waals surface area contributed by atoms with Gasteiger partial charge in [0.1, 0.15) is 5.60 Å². The van der Waals surface area contributed by atoms with Crippen LogP contribution in [0.1, 0.15) is 49.0 Å². The summed E-state index contributed by atoms with van der Waals surface area (Å²) in [5.41, 5.74) is 0.802. The molecule has 0 amide bonds. The highest BCUT2D eigenvalue weighted by Crippen LogP contribution is 2.48. The van der Waals surface area contributed by atoms with Gasteiger partial charge in [0.2, 0.25) is 0 Å². The minimum absolute atomic E-state index is 0.0881. The van der Waals surface area contributed by atoms with Gasteiger partial charge in [-0.1, -0.05) is 12.1 Å². The van der Waals surface area contributed by atoms with Gasteiger partial charge in [-0.25, -0.2) is 4.79 Å². The molecule has 0 aliphatic heterocycles. The van der Waals surface area contributed by atoms with Crippen LogP contribution in [-0.4, -0.2) is 22.6 Å². The molecule has 4 nitrogen and oxygen atoms in total. The molecule has 1 fully saturated rings. The van der Waals surface area contributed by atoms with E-state index in [2.05, 4.69) is 0 Å². The molecule has 0 saturated heterocycles. The third kappa shape index (κ3) is 3.34. The minimum atomic E-state index is -0.939. The van der Waals surface area contributed by atoms with E-state index in [4.69, 9.17) is 9.84 Å². The normalized spacial score (nSPS) is 21.8. The van der Waals surface area contributed by atoms with Crippen molar-refractivity contribution >= 4 is 11.9 Å². The van der Waals surface area contributed by atoms with Gasteiger partial charge in [-0.15, -0.1) is 0 Å². The number of ether oxygens (including phenoxy) is 1. The second-order valence-electron chi connectivity index (χ2n) is 5.91. The molecule has 0 radical (unpaired) electrons. The molecule has 1 aliphatic carbocycles. The van der Waals surface area contributed by atoms with Gasteiger partial charge in [-0.05, 0) is 50.8 Å². The average Bonchev–Trinajstić information content (AvgIpc) is 3.06. The number of carboxylic acids is 1. The predicted octanol–water partition coefficient (Wildman–Crippen LogP) is 2.83. The summed E-state index contributed by atoms with van der Waals surface area (Å²) in [4.78, 5) is 22.6. The summed E-state index contributed by atoms with van der Waals surface area (Å²) in [7, 11) is 0. The van der Waals surface area contributed by atoms with E-state index in [9.17, 15) is 9.59 Å². The molecule has 1 aromatic carbocycles. The minimum Gasteiger partial charge on any atom is -0.478 e. The van der Waals surface area contributed by atoms with E-state index >= 15 is 0 Å². The third-order valence-electron chi connectivity index (χ3n) is 3.09. The first kappa shape index (κ1) is 13.6. The summed E-state index contributed by atoms with van der Waals surface area (Å²) in [6.45, 7) is 5.55. The van der Waals surface area contributed by atoms with Crippen LogP contribution in [0.2, 0.25) is 0 Å². The van der Waals surface area contributed by atoms with Crippen molar-refractivity contribution in [2.75, 3.05) is 0 Å². The van der Waals surface area contributed by atoms with E-state index in [1.807, 2.05) is 20.8 Å². The van der Waals surface area contributed by atoms with Crippen molar-refractivity contribution in [3.63, 3.8) is 0 Å². The third-order valence-corrected chi connectivity index (χ3v) is 3.09. The number of benzene rings is 1. The van der Waals surface area contributed by atoms with Crippen molar-refractivity contribution in [2.45, 2.75) is 38.7 Å². The molecule has 0 bridgehead atoms. The number of rotatable bonds is 3. The molecule has 1 N–H and O–H groups in total. The number of carboxylic acid groups (broad SMARTS) is 1. The SMILES string of the molecule is CC(C)(C)OC(=O)C1CC1c1ccc(C(=O)O)cc1. The van der Waals surface area contributed by atoms with Crippen LogP contribution in [0.15, 0.2) is 24.3 Å². The molecule has 1 aromatic rings. The van der Waals surface area contributed by atoms with Crippen LogP contribution >= 0.6 is 0 Å². The Hall–Kier alpha value is -1.84. The molecule has 0 heterocycles. The Morgan fingerprint density at radius 3 is 2.26 bits per heavy atom. The van der Waals surface area contributed by atoms with Crippen molar-refractivity contribution < 1.29 is 19.4 Å². The van der Waals surface area contributed by atoms with Crippen molar-refractivity contribution in [3.8, 4) is 0 Å². The fourth-order valence-electron chi connectivity index (χ4n) is 2.07. The van der Waals surface area contributed by atoms with Crippen LogP contribution in [0.25, 0.3) is 0 Å². The summed E-state index contributed by atoms with van der Waals surface area (Å²) in [5, 5.41) is 8.82. The van der Waals surface area contributed by atoms with Gasteiger partial charge >= 0.3 is 11.9 Å². The van der Waals surface area contributed by atoms with Gasteiger partial charge in [0, 0.05) is 0 Å². The number of hydrogen-bond acceptors (Lipinski definition) is 3. The highest BCUT2D eigenvalue weighted by molar-refractivity contribution is 5.87. The Morgan fingerprint density at radius 1 is 1.21 bits per heavy atom. The lowest BCUT2D eigenvalue weighted by atomic mass is 10.1. The Labute approximate surface area is 112 Å². The van der Waals surface area contributed by atoms with E-state index in [-0.39, 0.29) is 23.4 Å². The molecule has 2 unspecified atom stereocenters. The maximum Gasteiger partial charge on any atom is 0.335 e. The second kappa shape index (κ2) is 4.68. The average molecular weight is 262 g/mol. The molecule has 102 valence electrons. The first-order chi connectivity index (χ1) is 8.78. The topological polar surface area (TPSA) is 63.6 Å². The van der Waals surface area contributed by atoms with Crippen LogP contribution in [0.5, 0.6) is 0 Å². The van der Waals surface area contributed by atoms with E-state index in [1.54, 1.807) is 24.3 Å². The van der Waals surface area contributed by atoms with Crippen molar-refractivity contribution in [1.82, 2.24) is 0 Å². The van der Waals surface area contributed by atoms with Gasteiger partial charge in [0.15, 0.2) is 0 Å². The lowest BCUT2D eigenvalue weighted by molar-refractivity contribution is -0.156. The van der Waals surface area contributed by atoms with Gasteiger partial charge in [-0.2, -0.15) is 0 Å². The van der Waals surface area contributed by atoms with E-state index in [0.717, 1.165) is 12.0 Å². The highest BCUT2D eigenvalue weighted by atomic mass is 16.6. The molecule has 4 heteroatoms. The first-order valence-electron chi connectivity index (χ1n) is 6.34. The molecule has 1 aliphatic rings. The van der Waals surface area contributed by atoms with E-state index in [1.165, 1.54) is 0 Å². The van der Waals surface area contributed by atoms with Crippen LogP contribution in [0.3, 0.4) is 0 Å². The lowest BCUT2D eigenvalue weighted by Gasteiger charge is -2.19. The second-order valence-corrected chi connectivity index (χ2v) is 5.91. The zero-order valence-electron chi connectivity index (χ0n) is 11.3. The summed E-state index contributed by atoms with van der Waals surface area (Å²) in [6.07, 6.45) is 0.779. The number of carbonyl (C=O) groups excluding carboxylic acids is 1. The molecular weight excluding hydrogens is 244 g/mol. The Bertz CT molecular complexity index is 496. The molecule has 0 aromatic heterocycles. The highest BCUT2D eigenvalue weighted by Gasteiger charge is 2.46. The number of aromatic carboxylic acids is 1. The number of carbonyl (C=O) groups is 2. The first-order valence-corrected chi connectivity index (χ1v) is 6.34. The largest absolute Gasteiger partial charge is 0.478 e. The molecular formula is C15H18O4. The maximum absolute atomic E-state index is 11.9. The zero-order chi connectivity index (χ0) is 14.2. The van der Waals surface area contributed by atoms with Crippen LogP contribution < -0.4 is 0 Å². The molecule has 2 atom stereocenters. The van der Waals surface area contributed by atoms with E-state index < -0.39 is 11.6 Å². The number of hydrogen-bond donors (Lipinski definition) is 1. The Balaban J connectivity index is 1.99. The summed E-state index contributed by atoms with van der Waals surface area (Å²) < 4.78 is 5.34. The van der Waals surface area contributed by atoms with Gasteiger partial charge < -0.3 is 9.84 Å². The van der Waals surface area contributed by atoms with Gasteiger partial charge in [0.25, 0.3) is 0 Å². The molecule has 2 rings (SSSR count). The maximum atomic E-state index is 11.9. The quantitative estimate of drug-likeness (QED) is 0.851. The molecule has 1 saturated carbocycles. The summed E-state index contributed by atoms with van der Waals surface area (Å²) >= 11 is 0. The fourth-order valence-corrected chi connectivity index (χ4v) is 2.07. The van der Waals surface area contributed by atoms with Crippen LogP contribution in [-0.2, 0) is 9.53 Å². The monoisotopic (exact) mass is 262 g/mol. The van der Waals surface area contributed by atoms with Gasteiger partial charge in [-0.3, -0.25) is 4.79 Å². The molecule has 0 spiro atoms. The lowest BCUT2D eigenvalue weighted by Crippen LogP contribution is -2.25. The smallest absolute Gasteiger partial charge is 0.335 e. The van der Waals surface area contributed by atoms with Crippen molar-refractivity contribution in [3.05, 3.63) is 35.4 Å². The Kier molecular flexibility index (Phi) is 3.35. The summed E-state index contributed by atoms with van der Waals surface area (Å²) in [5.74, 6) is -1.03. The zero-order valence-corrected chi connectivity index (χ0v) is 11.3. The van der Waals surface area contributed by atoms with E-state index in [0.29, 0.717) is 0 Å². The summed E-state index contributed by atoms with van der Waals surface area (Å²) in [6, 6.07) is 6.70. The number of esters is 1. The van der Waals surface area contributed by atoms with Gasteiger partial charge in [0.05, 0.1) is 11.5 Å². The molecule has 19 heavy (non-hydrogen) atoms. The van der Waals surface area contributed by atoms with Crippen LogP contribution in [0.4, 0.5) is 0 Å². The fraction of sp³-hybridized carbons (Fsp3) is 0.467.